The number of aromatic nitrogens is 2. The van der Waals surface area contributed by atoms with Crippen molar-refractivity contribution in [3.8, 4) is 17.2 Å². The lowest BCUT2D eigenvalue weighted by atomic mass is 10.2. The number of ether oxygens (including phenoxy) is 2. The first-order valence-corrected chi connectivity index (χ1v) is 6.94. The van der Waals surface area contributed by atoms with Gasteiger partial charge in [0.25, 0.3) is 0 Å². The van der Waals surface area contributed by atoms with Crippen LogP contribution in [-0.2, 0) is 0 Å². The van der Waals surface area contributed by atoms with Crippen molar-refractivity contribution < 1.29 is 9.47 Å². The number of imidazole rings is 1. The molecular formula is C15H12ClN3O2. The molecule has 3 aromatic rings. The van der Waals surface area contributed by atoms with E-state index in [-0.39, 0.29) is 0 Å². The number of hydrogen-bond donors (Lipinski definition) is 1. The first kappa shape index (κ1) is 12.3. The van der Waals surface area contributed by atoms with Crippen molar-refractivity contribution in [2.24, 2.45) is 0 Å². The molecule has 0 aliphatic carbocycles. The summed E-state index contributed by atoms with van der Waals surface area (Å²) >= 11 is 6.08. The van der Waals surface area contributed by atoms with Gasteiger partial charge in [-0.15, -0.1) is 0 Å². The standard InChI is InChI=1S/C15H12ClN3O2/c16-9-1-3-11-12(7-9)19(15(17)18-11)10-2-4-13-14(8-10)21-6-5-20-13/h1-4,7-8H,5-6H2,(H2,17,18). The smallest absolute Gasteiger partial charge is 0.205 e. The molecule has 5 nitrogen and oxygen atoms in total. The Morgan fingerprint density at radius 1 is 1.05 bits per heavy atom. The van der Waals surface area contributed by atoms with Gasteiger partial charge in [0.2, 0.25) is 5.95 Å². The monoisotopic (exact) mass is 301 g/mol. The number of halogens is 1. The fourth-order valence-corrected chi connectivity index (χ4v) is 2.68. The van der Waals surface area contributed by atoms with Gasteiger partial charge in [0.1, 0.15) is 13.2 Å². The van der Waals surface area contributed by atoms with Gasteiger partial charge < -0.3 is 15.2 Å². The molecule has 106 valence electrons. The van der Waals surface area contributed by atoms with Gasteiger partial charge in [0.05, 0.1) is 16.7 Å². The molecule has 0 bridgehead atoms. The van der Waals surface area contributed by atoms with Gasteiger partial charge in [-0.1, -0.05) is 11.6 Å². The Balaban J connectivity index is 1.93. The molecule has 0 unspecified atom stereocenters. The molecule has 2 heterocycles. The summed E-state index contributed by atoms with van der Waals surface area (Å²) in [5.41, 5.74) is 8.57. The number of nitrogens with zero attached hydrogens (tertiary/aromatic N) is 2. The quantitative estimate of drug-likeness (QED) is 0.750. The highest BCUT2D eigenvalue weighted by Gasteiger charge is 2.15. The number of anilines is 1. The Hall–Kier alpha value is -2.40. The minimum Gasteiger partial charge on any atom is -0.486 e. The molecule has 1 aliphatic rings. The van der Waals surface area contributed by atoms with E-state index in [0.29, 0.717) is 29.9 Å². The number of hydrogen-bond acceptors (Lipinski definition) is 4. The van der Waals surface area contributed by atoms with Crippen LogP contribution in [0.15, 0.2) is 36.4 Å². The summed E-state index contributed by atoms with van der Waals surface area (Å²) in [7, 11) is 0. The van der Waals surface area contributed by atoms with Crippen LogP contribution in [0.5, 0.6) is 11.5 Å². The highest BCUT2D eigenvalue weighted by molar-refractivity contribution is 6.31. The summed E-state index contributed by atoms with van der Waals surface area (Å²) in [5, 5.41) is 0.640. The molecule has 2 N–H and O–H groups in total. The van der Waals surface area contributed by atoms with Crippen molar-refractivity contribution in [3.05, 3.63) is 41.4 Å². The molecule has 0 spiro atoms. The third-order valence-electron chi connectivity index (χ3n) is 3.43. The predicted molar refractivity (Wildman–Crippen MR) is 81.5 cm³/mol. The zero-order valence-electron chi connectivity index (χ0n) is 11.0. The van der Waals surface area contributed by atoms with Crippen LogP contribution in [0.3, 0.4) is 0 Å². The van der Waals surface area contributed by atoms with E-state index in [2.05, 4.69) is 4.98 Å². The normalized spacial score (nSPS) is 13.6. The number of nitrogens with two attached hydrogens (primary N) is 1. The first-order chi connectivity index (χ1) is 10.2. The predicted octanol–water partition coefficient (Wildman–Crippen LogP) is 3.03. The zero-order chi connectivity index (χ0) is 14.4. The van der Waals surface area contributed by atoms with Crippen LogP contribution in [0.2, 0.25) is 5.02 Å². The number of nitrogen functional groups attached to an aromatic ring is 1. The van der Waals surface area contributed by atoms with Gasteiger partial charge in [-0.3, -0.25) is 4.57 Å². The van der Waals surface area contributed by atoms with E-state index in [0.717, 1.165) is 22.5 Å². The molecule has 0 saturated heterocycles. The topological polar surface area (TPSA) is 62.3 Å². The summed E-state index contributed by atoms with van der Waals surface area (Å²) in [6, 6.07) is 11.2. The van der Waals surface area contributed by atoms with Crippen LogP contribution < -0.4 is 15.2 Å². The van der Waals surface area contributed by atoms with Crippen LogP contribution in [-0.4, -0.2) is 22.8 Å². The fourth-order valence-electron chi connectivity index (χ4n) is 2.51. The molecule has 0 saturated carbocycles. The number of rotatable bonds is 1. The molecule has 2 aromatic carbocycles. The molecule has 0 fully saturated rings. The number of benzene rings is 2. The van der Waals surface area contributed by atoms with Crippen LogP contribution in [0.4, 0.5) is 5.95 Å². The Kier molecular flexibility index (Phi) is 2.68. The van der Waals surface area contributed by atoms with Gasteiger partial charge in [0, 0.05) is 11.1 Å². The molecular weight excluding hydrogens is 290 g/mol. The van der Waals surface area contributed by atoms with Crippen molar-refractivity contribution in [3.63, 3.8) is 0 Å². The van der Waals surface area contributed by atoms with Crippen molar-refractivity contribution in [2.45, 2.75) is 0 Å². The Labute approximate surface area is 125 Å². The molecule has 21 heavy (non-hydrogen) atoms. The SMILES string of the molecule is Nc1nc2ccc(Cl)cc2n1-c1ccc2c(c1)OCCO2. The lowest BCUT2D eigenvalue weighted by molar-refractivity contribution is 0.171. The van der Waals surface area contributed by atoms with E-state index in [9.17, 15) is 0 Å². The van der Waals surface area contributed by atoms with Gasteiger partial charge in [-0.2, -0.15) is 0 Å². The van der Waals surface area contributed by atoms with E-state index >= 15 is 0 Å². The summed E-state index contributed by atoms with van der Waals surface area (Å²) < 4.78 is 13.0. The maximum Gasteiger partial charge on any atom is 0.205 e. The average molecular weight is 302 g/mol. The summed E-state index contributed by atoms with van der Waals surface area (Å²) in [6.45, 7) is 1.11. The second kappa shape index (κ2) is 4.56. The minimum absolute atomic E-state index is 0.406. The Morgan fingerprint density at radius 3 is 2.71 bits per heavy atom. The molecule has 0 amide bonds. The molecule has 4 rings (SSSR count). The second-order valence-electron chi connectivity index (χ2n) is 4.77. The summed E-state index contributed by atoms with van der Waals surface area (Å²) in [4.78, 5) is 4.35. The highest BCUT2D eigenvalue weighted by Crippen LogP contribution is 2.34. The lowest BCUT2D eigenvalue weighted by Gasteiger charge is -2.19. The zero-order valence-corrected chi connectivity index (χ0v) is 11.8. The van der Waals surface area contributed by atoms with E-state index in [1.807, 2.05) is 34.9 Å². The van der Waals surface area contributed by atoms with Crippen molar-refractivity contribution in [1.29, 1.82) is 0 Å². The minimum atomic E-state index is 0.406. The second-order valence-corrected chi connectivity index (χ2v) is 5.20. The first-order valence-electron chi connectivity index (χ1n) is 6.56. The maximum atomic E-state index is 6.08. The molecule has 0 atom stereocenters. The maximum absolute atomic E-state index is 6.08. The van der Waals surface area contributed by atoms with E-state index in [1.165, 1.54) is 0 Å². The van der Waals surface area contributed by atoms with Crippen LogP contribution in [0, 0.1) is 0 Å². The Bertz CT molecular complexity index is 844. The number of fused-ring (bicyclic) bond motifs is 2. The van der Waals surface area contributed by atoms with E-state index in [1.54, 1.807) is 6.07 Å². The molecule has 1 aliphatic heterocycles. The third-order valence-corrected chi connectivity index (χ3v) is 3.66. The third kappa shape index (κ3) is 1.97. The van der Waals surface area contributed by atoms with E-state index < -0.39 is 0 Å². The van der Waals surface area contributed by atoms with Crippen molar-refractivity contribution >= 4 is 28.6 Å². The van der Waals surface area contributed by atoms with Crippen molar-refractivity contribution in [1.82, 2.24) is 9.55 Å². The molecule has 0 radical (unpaired) electrons. The van der Waals surface area contributed by atoms with Gasteiger partial charge >= 0.3 is 0 Å². The van der Waals surface area contributed by atoms with Crippen LogP contribution in [0.25, 0.3) is 16.7 Å². The van der Waals surface area contributed by atoms with Crippen LogP contribution in [0.1, 0.15) is 0 Å². The van der Waals surface area contributed by atoms with Gasteiger partial charge in [0.15, 0.2) is 11.5 Å². The summed E-state index contributed by atoms with van der Waals surface area (Å²) in [5.74, 6) is 1.86. The highest BCUT2D eigenvalue weighted by atomic mass is 35.5. The average Bonchev–Trinajstić information content (AvgIpc) is 2.82. The lowest BCUT2D eigenvalue weighted by Crippen LogP contribution is -2.15. The summed E-state index contributed by atoms with van der Waals surface area (Å²) in [6.07, 6.45) is 0. The fraction of sp³-hybridized carbons (Fsp3) is 0.133. The van der Waals surface area contributed by atoms with Crippen LogP contribution >= 0.6 is 11.6 Å². The van der Waals surface area contributed by atoms with E-state index in [4.69, 9.17) is 26.8 Å². The molecule has 1 aromatic heterocycles. The Morgan fingerprint density at radius 2 is 1.86 bits per heavy atom. The van der Waals surface area contributed by atoms with Crippen molar-refractivity contribution in [2.75, 3.05) is 18.9 Å². The largest absolute Gasteiger partial charge is 0.486 e. The van der Waals surface area contributed by atoms with Gasteiger partial charge in [-0.25, -0.2) is 4.98 Å². The molecule has 6 heteroatoms. The van der Waals surface area contributed by atoms with Gasteiger partial charge in [-0.05, 0) is 30.3 Å².